The Balaban J connectivity index is 1.72. The second kappa shape index (κ2) is 5.18. The van der Waals surface area contributed by atoms with Crippen LogP contribution in [0.25, 0.3) is 10.8 Å². The molecule has 0 spiro atoms. The highest BCUT2D eigenvalue weighted by molar-refractivity contribution is 8.00. The largest absolute Gasteiger partial charge is 0.314 e. The van der Waals surface area contributed by atoms with Crippen molar-refractivity contribution in [3.8, 4) is 0 Å². The van der Waals surface area contributed by atoms with Crippen LogP contribution in [0.1, 0.15) is 10.8 Å². The van der Waals surface area contributed by atoms with Gasteiger partial charge in [0.2, 0.25) is 5.91 Å². The van der Waals surface area contributed by atoms with E-state index in [0.717, 1.165) is 16.1 Å². The third-order valence-electron chi connectivity index (χ3n) is 4.11. The number of amides is 1. The molecule has 22 heavy (non-hydrogen) atoms. The highest BCUT2D eigenvalue weighted by Crippen LogP contribution is 2.46. The molecule has 3 heteroatoms. The molecule has 0 saturated heterocycles. The number of likely N-dealkylation sites (N-methyl/N-ethyl adjacent to an activating group) is 1. The first-order valence-electron chi connectivity index (χ1n) is 7.26. The van der Waals surface area contributed by atoms with E-state index in [0.29, 0.717) is 0 Å². The molecular weight excluding hydrogens is 290 g/mol. The molecule has 0 radical (unpaired) electrons. The van der Waals surface area contributed by atoms with E-state index < -0.39 is 0 Å². The van der Waals surface area contributed by atoms with Crippen molar-refractivity contribution in [2.75, 3.05) is 11.9 Å². The van der Waals surface area contributed by atoms with Crippen molar-refractivity contribution in [2.24, 2.45) is 0 Å². The topological polar surface area (TPSA) is 20.3 Å². The number of para-hydroxylation sites is 1. The summed E-state index contributed by atoms with van der Waals surface area (Å²) in [4.78, 5) is 15.4. The summed E-state index contributed by atoms with van der Waals surface area (Å²) in [6.07, 6.45) is 0. The molecule has 3 aromatic rings. The van der Waals surface area contributed by atoms with E-state index in [9.17, 15) is 4.79 Å². The number of fused-ring (bicyclic) bond motifs is 2. The van der Waals surface area contributed by atoms with Crippen LogP contribution in [-0.4, -0.2) is 13.0 Å². The summed E-state index contributed by atoms with van der Waals surface area (Å²) in [5, 5.41) is 2.28. The van der Waals surface area contributed by atoms with Crippen molar-refractivity contribution in [1.29, 1.82) is 0 Å². The lowest BCUT2D eigenvalue weighted by Crippen LogP contribution is -2.22. The molecule has 0 aliphatic carbocycles. The average Bonchev–Trinajstić information content (AvgIpc) is 2.80. The third-order valence-corrected chi connectivity index (χ3v) is 5.33. The fourth-order valence-corrected chi connectivity index (χ4v) is 4.13. The lowest BCUT2D eigenvalue weighted by Gasteiger charge is -2.11. The Labute approximate surface area is 133 Å². The molecule has 1 aliphatic rings. The minimum absolute atomic E-state index is 0.151. The number of nitrogens with zero attached hydrogens (tertiary/aromatic N) is 1. The zero-order valence-corrected chi connectivity index (χ0v) is 13.0. The van der Waals surface area contributed by atoms with Gasteiger partial charge in [-0.3, -0.25) is 4.79 Å². The number of carbonyl (C=O) groups excluding carboxylic acids is 1. The number of carbonyl (C=O) groups is 1. The Morgan fingerprint density at radius 2 is 1.64 bits per heavy atom. The minimum atomic E-state index is -0.151. The SMILES string of the molecule is CN1C(=O)C(Sc2ccc3ccccc3c2)c2ccccc21. The Bertz CT molecular complexity index is 874. The first-order chi connectivity index (χ1) is 10.7. The summed E-state index contributed by atoms with van der Waals surface area (Å²) < 4.78 is 0. The summed E-state index contributed by atoms with van der Waals surface area (Å²) in [5.74, 6) is 0.152. The lowest BCUT2D eigenvalue weighted by atomic mass is 10.1. The predicted molar refractivity (Wildman–Crippen MR) is 92.4 cm³/mol. The third kappa shape index (κ3) is 2.09. The number of hydrogen-bond donors (Lipinski definition) is 0. The van der Waals surface area contributed by atoms with Crippen molar-refractivity contribution in [3.05, 3.63) is 72.3 Å². The Morgan fingerprint density at radius 3 is 2.50 bits per heavy atom. The zero-order valence-electron chi connectivity index (χ0n) is 12.2. The number of benzene rings is 3. The normalized spacial score (nSPS) is 17.0. The summed E-state index contributed by atoms with van der Waals surface area (Å²) in [7, 11) is 1.85. The van der Waals surface area contributed by atoms with Gasteiger partial charge in [-0.15, -0.1) is 11.8 Å². The van der Waals surface area contributed by atoms with Crippen LogP contribution >= 0.6 is 11.8 Å². The molecule has 1 atom stereocenters. The van der Waals surface area contributed by atoms with E-state index >= 15 is 0 Å². The van der Waals surface area contributed by atoms with Gasteiger partial charge in [0.15, 0.2) is 0 Å². The van der Waals surface area contributed by atoms with E-state index in [1.807, 2.05) is 37.4 Å². The minimum Gasteiger partial charge on any atom is -0.314 e. The van der Waals surface area contributed by atoms with Crippen molar-refractivity contribution < 1.29 is 4.79 Å². The molecule has 0 fully saturated rings. The summed E-state index contributed by atoms with van der Waals surface area (Å²) in [6.45, 7) is 0. The van der Waals surface area contributed by atoms with Gasteiger partial charge in [-0.2, -0.15) is 0 Å². The molecule has 0 saturated carbocycles. The molecule has 0 bridgehead atoms. The van der Waals surface area contributed by atoms with E-state index in [-0.39, 0.29) is 11.2 Å². The van der Waals surface area contributed by atoms with E-state index in [4.69, 9.17) is 0 Å². The Morgan fingerprint density at radius 1 is 0.909 bits per heavy atom. The fraction of sp³-hybridized carbons (Fsp3) is 0.105. The summed E-state index contributed by atoms with van der Waals surface area (Å²) in [6, 6.07) is 22.7. The van der Waals surface area contributed by atoms with Crippen molar-refractivity contribution in [3.63, 3.8) is 0 Å². The van der Waals surface area contributed by atoms with E-state index in [2.05, 4.69) is 36.4 Å². The highest BCUT2D eigenvalue weighted by atomic mass is 32.2. The highest BCUT2D eigenvalue weighted by Gasteiger charge is 2.35. The number of rotatable bonds is 2. The van der Waals surface area contributed by atoms with Gasteiger partial charge in [0.05, 0.1) is 0 Å². The number of anilines is 1. The standard InChI is InChI=1S/C19H15NOS/c1-20-17-9-5-4-8-16(17)18(19(20)21)22-15-11-10-13-6-2-3-7-14(13)12-15/h2-12,18H,1H3. The van der Waals surface area contributed by atoms with Crippen LogP contribution in [0.4, 0.5) is 5.69 Å². The molecule has 1 heterocycles. The fourth-order valence-electron chi connectivity index (χ4n) is 2.93. The van der Waals surface area contributed by atoms with Gasteiger partial charge in [-0.25, -0.2) is 0 Å². The van der Waals surface area contributed by atoms with Gasteiger partial charge < -0.3 is 4.90 Å². The zero-order chi connectivity index (χ0) is 15.1. The second-order valence-corrected chi connectivity index (χ2v) is 6.64. The lowest BCUT2D eigenvalue weighted by molar-refractivity contribution is -0.117. The molecule has 1 amide bonds. The molecule has 4 rings (SSSR count). The first kappa shape index (κ1) is 13.4. The van der Waals surface area contributed by atoms with Gasteiger partial charge in [-0.05, 0) is 34.5 Å². The van der Waals surface area contributed by atoms with Crippen LogP contribution in [0.2, 0.25) is 0 Å². The molecule has 2 nitrogen and oxygen atoms in total. The van der Waals surface area contributed by atoms with E-state index in [1.54, 1.807) is 16.7 Å². The average molecular weight is 305 g/mol. The Hall–Kier alpha value is -2.26. The predicted octanol–water partition coefficient (Wildman–Crippen LogP) is 4.65. The van der Waals surface area contributed by atoms with Crippen molar-refractivity contribution >= 4 is 34.1 Å². The van der Waals surface area contributed by atoms with Crippen molar-refractivity contribution in [2.45, 2.75) is 10.1 Å². The summed E-state index contributed by atoms with van der Waals surface area (Å²) >= 11 is 1.63. The maximum Gasteiger partial charge on any atom is 0.244 e. The van der Waals surface area contributed by atoms with Crippen LogP contribution in [-0.2, 0) is 4.79 Å². The maximum absolute atomic E-state index is 12.5. The van der Waals surface area contributed by atoms with Gasteiger partial charge in [-0.1, -0.05) is 48.5 Å². The van der Waals surface area contributed by atoms with Gasteiger partial charge >= 0.3 is 0 Å². The van der Waals surface area contributed by atoms with Crippen LogP contribution in [0.15, 0.2) is 71.6 Å². The van der Waals surface area contributed by atoms with E-state index in [1.165, 1.54) is 10.8 Å². The van der Waals surface area contributed by atoms with Crippen LogP contribution in [0.3, 0.4) is 0 Å². The van der Waals surface area contributed by atoms with Crippen LogP contribution < -0.4 is 4.90 Å². The van der Waals surface area contributed by atoms with Gasteiger partial charge in [0.25, 0.3) is 0 Å². The monoisotopic (exact) mass is 305 g/mol. The number of hydrogen-bond acceptors (Lipinski definition) is 2. The number of thioether (sulfide) groups is 1. The van der Waals surface area contributed by atoms with Gasteiger partial charge in [0.1, 0.15) is 5.25 Å². The molecule has 1 aliphatic heterocycles. The smallest absolute Gasteiger partial charge is 0.244 e. The molecule has 0 aromatic heterocycles. The quantitative estimate of drug-likeness (QED) is 0.687. The molecule has 108 valence electrons. The molecule has 0 N–H and O–H groups in total. The summed E-state index contributed by atoms with van der Waals surface area (Å²) in [5.41, 5.74) is 2.12. The van der Waals surface area contributed by atoms with Crippen molar-refractivity contribution in [1.82, 2.24) is 0 Å². The first-order valence-corrected chi connectivity index (χ1v) is 8.14. The Kier molecular flexibility index (Phi) is 3.16. The molecule has 3 aromatic carbocycles. The molecular formula is C19H15NOS. The van der Waals surface area contributed by atoms with Crippen LogP contribution in [0, 0.1) is 0 Å². The van der Waals surface area contributed by atoms with Gasteiger partial charge in [0, 0.05) is 17.6 Å². The second-order valence-electron chi connectivity index (χ2n) is 5.46. The molecule has 1 unspecified atom stereocenters. The maximum atomic E-state index is 12.5. The van der Waals surface area contributed by atoms with Crippen LogP contribution in [0.5, 0.6) is 0 Å².